The number of carbonyl (C=O) groups excluding carboxylic acids is 1. The Morgan fingerprint density at radius 2 is 1.93 bits per heavy atom. The van der Waals surface area contributed by atoms with Gasteiger partial charge in [-0.2, -0.15) is 8.42 Å². The number of carbonyl (C=O) groups is 1. The van der Waals surface area contributed by atoms with Crippen LogP contribution in [0.15, 0.2) is 23.1 Å². The van der Waals surface area contributed by atoms with Gasteiger partial charge < -0.3 is 9.90 Å². The molecule has 1 aromatic carbocycles. The van der Waals surface area contributed by atoms with Gasteiger partial charge in [-0.1, -0.05) is 18.2 Å². The van der Waals surface area contributed by atoms with Crippen molar-refractivity contribution in [3.05, 3.63) is 29.3 Å². The van der Waals surface area contributed by atoms with Crippen LogP contribution in [0.5, 0.6) is 0 Å². The van der Waals surface area contributed by atoms with Gasteiger partial charge in [-0.3, -0.25) is 4.55 Å². The van der Waals surface area contributed by atoms with Crippen molar-refractivity contribution in [3.63, 3.8) is 0 Å². The van der Waals surface area contributed by atoms with Gasteiger partial charge in [0.1, 0.15) is 4.90 Å². The Balaban J connectivity index is 0.00000196. The van der Waals surface area contributed by atoms with Crippen LogP contribution in [0.4, 0.5) is 0 Å². The fourth-order valence-electron chi connectivity index (χ4n) is 1.16. The molecular formula is C8H7NaO5S. The van der Waals surface area contributed by atoms with Crippen LogP contribution in [0.1, 0.15) is 15.9 Å². The van der Waals surface area contributed by atoms with Crippen LogP contribution < -0.4 is 34.7 Å². The summed E-state index contributed by atoms with van der Waals surface area (Å²) < 4.78 is 30.5. The van der Waals surface area contributed by atoms with Crippen molar-refractivity contribution in [2.75, 3.05) is 0 Å². The molecule has 0 aliphatic rings. The second-order valence-electron chi connectivity index (χ2n) is 2.71. The molecule has 15 heavy (non-hydrogen) atoms. The van der Waals surface area contributed by atoms with Gasteiger partial charge in [0.15, 0.2) is 0 Å². The molecular weight excluding hydrogens is 231 g/mol. The van der Waals surface area contributed by atoms with Crippen molar-refractivity contribution in [1.82, 2.24) is 0 Å². The molecule has 0 unspecified atom stereocenters. The van der Waals surface area contributed by atoms with E-state index in [0.29, 0.717) is 0 Å². The van der Waals surface area contributed by atoms with Crippen LogP contribution in [0.25, 0.3) is 0 Å². The van der Waals surface area contributed by atoms with E-state index in [0.717, 1.165) is 6.07 Å². The standard InChI is InChI=1S/C8H8O5S.Na/c1-5-3-2-4-6(8(9)10)7(5)14(11,12)13;/h2-4H,1H3,(H,9,10)(H,11,12,13);/q;+1/p-1. The summed E-state index contributed by atoms with van der Waals surface area (Å²) >= 11 is 0. The summed E-state index contributed by atoms with van der Waals surface area (Å²) in [6.07, 6.45) is 0. The molecule has 0 atom stereocenters. The average Bonchev–Trinajstić information content (AvgIpc) is 2.01. The quantitative estimate of drug-likeness (QED) is 0.428. The number of aromatic carboxylic acids is 1. The van der Waals surface area contributed by atoms with E-state index < -0.39 is 26.5 Å². The van der Waals surface area contributed by atoms with Crippen LogP contribution >= 0.6 is 0 Å². The molecule has 7 heteroatoms. The van der Waals surface area contributed by atoms with E-state index in [2.05, 4.69) is 0 Å². The van der Waals surface area contributed by atoms with Crippen LogP contribution in [-0.2, 0) is 10.1 Å². The Morgan fingerprint density at radius 3 is 2.27 bits per heavy atom. The minimum absolute atomic E-state index is 0. The zero-order valence-corrected chi connectivity index (χ0v) is 11.0. The van der Waals surface area contributed by atoms with Gasteiger partial charge in [0.2, 0.25) is 0 Å². The summed E-state index contributed by atoms with van der Waals surface area (Å²) in [6.45, 7) is 1.38. The van der Waals surface area contributed by atoms with E-state index in [9.17, 15) is 18.3 Å². The molecule has 0 aliphatic heterocycles. The maximum Gasteiger partial charge on any atom is 1.00 e. The Kier molecular flexibility index (Phi) is 4.95. The predicted octanol–water partition coefficient (Wildman–Crippen LogP) is -3.39. The molecule has 0 radical (unpaired) electrons. The maximum absolute atomic E-state index is 10.8. The molecule has 0 fully saturated rings. The Labute approximate surface area is 109 Å². The molecule has 5 nitrogen and oxygen atoms in total. The molecule has 0 saturated carbocycles. The first-order valence-electron chi connectivity index (χ1n) is 3.62. The minimum Gasteiger partial charge on any atom is -0.545 e. The molecule has 1 N–H and O–H groups in total. The van der Waals surface area contributed by atoms with Crippen molar-refractivity contribution >= 4 is 16.1 Å². The van der Waals surface area contributed by atoms with Gasteiger partial charge in [0, 0.05) is 5.56 Å². The van der Waals surface area contributed by atoms with Crippen molar-refractivity contribution in [3.8, 4) is 0 Å². The number of hydrogen-bond acceptors (Lipinski definition) is 4. The van der Waals surface area contributed by atoms with Gasteiger partial charge in [-0.15, -0.1) is 0 Å². The third-order valence-corrected chi connectivity index (χ3v) is 2.75. The number of carboxylic acid groups (broad SMARTS) is 1. The van der Waals surface area contributed by atoms with Gasteiger partial charge in [0.25, 0.3) is 10.1 Å². The summed E-state index contributed by atoms with van der Waals surface area (Å²) in [5, 5.41) is 10.5. The van der Waals surface area contributed by atoms with Crippen LogP contribution in [0, 0.1) is 6.92 Å². The molecule has 1 aromatic rings. The first kappa shape index (κ1) is 14.6. The Morgan fingerprint density at radius 1 is 1.40 bits per heavy atom. The summed E-state index contributed by atoms with van der Waals surface area (Å²) in [6, 6.07) is 3.82. The summed E-state index contributed by atoms with van der Waals surface area (Å²) in [7, 11) is -4.53. The number of aryl methyl sites for hydroxylation is 1. The Hall–Kier alpha value is -0.400. The first-order chi connectivity index (χ1) is 6.34. The third kappa shape index (κ3) is 3.29. The number of carboxylic acids is 1. The van der Waals surface area contributed by atoms with E-state index >= 15 is 0 Å². The second kappa shape index (κ2) is 5.09. The molecule has 1 rings (SSSR count). The summed E-state index contributed by atoms with van der Waals surface area (Å²) in [4.78, 5) is 9.92. The van der Waals surface area contributed by atoms with Gasteiger partial charge >= 0.3 is 29.6 Å². The minimum atomic E-state index is -4.53. The second-order valence-corrected chi connectivity index (χ2v) is 4.07. The zero-order valence-electron chi connectivity index (χ0n) is 8.22. The van der Waals surface area contributed by atoms with Crippen molar-refractivity contribution in [2.45, 2.75) is 11.8 Å². The van der Waals surface area contributed by atoms with E-state index in [1.165, 1.54) is 19.1 Å². The monoisotopic (exact) mass is 238 g/mol. The van der Waals surface area contributed by atoms with E-state index in [1.807, 2.05) is 0 Å². The van der Waals surface area contributed by atoms with Crippen LogP contribution in [0.3, 0.4) is 0 Å². The zero-order chi connectivity index (χ0) is 10.9. The molecule has 0 saturated heterocycles. The largest absolute Gasteiger partial charge is 1.00 e. The van der Waals surface area contributed by atoms with Crippen LogP contribution in [0.2, 0.25) is 0 Å². The number of rotatable bonds is 2. The smallest absolute Gasteiger partial charge is 0.545 e. The fraction of sp³-hybridized carbons (Fsp3) is 0.125. The first-order valence-corrected chi connectivity index (χ1v) is 5.06. The Bertz CT molecular complexity index is 480. The van der Waals surface area contributed by atoms with Gasteiger partial charge in [0.05, 0.1) is 5.97 Å². The average molecular weight is 238 g/mol. The SMILES string of the molecule is Cc1cccc(C(=O)[O-])c1S(=O)(=O)O.[Na+]. The van der Waals surface area contributed by atoms with Gasteiger partial charge in [-0.05, 0) is 12.5 Å². The normalized spacial score (nSPS) is 10.5. The maximum atomic E-state index is 10.8. The van der Waals surface area contributed by atoms with Crippen molar-refractivity contribution in [2.24, 2.45) is 0 Å². The van der Waals surface area contributed by atoms with Crippen molar-refractivity contribution < 1.29 is 52.4 Å². The number of hydrogen-bond donors (Lipinski definition) is 1. The van der Waals surface area contributed by atoms with E-state index in [4.69, 9.17) is 4.55 Å². The molecule has 0 aliphatic carbocycles. The van der Waals surface area contributed by atoms with E-state index in [-0.39, 0.29) is 35.1 Å². The molecule has 0 amide bonds. The van der Waals surface area contributed by atoms with Crippen molar-refractivity contribution in [1.29, 1.82) is 0 Å². The summed E-state index contributed by atoms with van der Waals surface area (Å²) in [5.41, 5.74) is -0.373. The fourth-order valence-corrected chi connectivity index (χ4v) is 2.06. The molecule has 0 heterocycles. The summed E-state index contributed by atoms with van der Waals surface area (Å²) in [5.74, 6) is -1.64. The third-order valence-electron chi connectivity index (χ3n) is 1.69. The molecule has 76 valence electrons. The van der Waals surface area contributed by atoms with Crippen LogP contribution in [-0.4, -0.2) is 18.9 Å². The number of benzene rings is 1. The molecule has 0 bridgehead atoms. The van der Waals surface area contributed by atoms with Gasteiger partial charge in [-0.25, -0.2) is 0 Å². The topological polar surface area (TPSA) is 94.5 Å². The predicted molar refractivity (Wildman–Crippen MR) is 45.3 cm³/mol. The van der Waals surface area contributed by atoms with E-state index in [1.54, 1.807) is 0 Å². The molecule has 0 spiro atoms. The molecule has 0 aromatic heterocycles.